The lowest BCUT2D eigenvalue weighted by atomic mass is 10.0. The summed E-state index contributed by atoms with van der Waals surface area (Å²) in [4.78, 5) is 13.4. The topological polar surface area (TPSA) is 72.7 Å². The molecule has 1 N–H and O–H groups in total. The van der Waals surface area contributed by atoms with Gasteiger partial charge in [-0.15, -0.1) is 10.2 Å². The Morgan fingerprint density at radius 2 is 1.92 bits per heavy atom. The summed E-state index contributed by atoms with van der Waals surface area (Å²) in [6.45, 7) is 6.53. The zero-order valence-corrected chi connectivity index (χ0v) is 16.0. The molecule has 0 aliphatic rings. The van der Waals surface area contributed by atoms with Crippen molar-refractivity contribution in [3.8, 4) is 11.4 Å². The second-order valence-electron chi connectivity index (χ2n) is 6.44. The molecule has 24 heavy (non-hydrogen) atoms. The first-order valence-corrected chi connectivity index (χ1v) is 9.06. The van der Waals surface area contributed by atoms with Crippen LogP contribution >= 0.6 is 15.9 Å². The van der Waals surface area contributed by atoms with Gasteiger partial charge in [-0.3, -0.25) is 4.79 Å². The van der Waals surface area contributed by atoms with E-state index in [1.54, 1.807) is 0 Å². The highest BCUT2D eigenvalue weighted by Gasteiger charge is 2.11. The van der Waals surface area contributed by atoms with E-state index < -0.39 is 0 Å². The predicted octanol–water partition coefficient (Wildman–Crippen LogP) is 3.43. The second kappa shape index (κ2) is 8.92. The van der Waals surface area contributed by atoms with Crippen LogP contribution in [0.1, 0.15) is 40.0 Å². The number of carbonyl (C=O) groups excluding carboxylic acids is 1. The van der Waals surface area contributed by atoms with Gasteiger partial charge in [-0.1, -0.05) is 42.6 Å². The van der Waals surface area contributed by atoms with Crippen molar-refractivity contribution in [1.82, 2.24) is 25.5 Å². The van der Waals surface area contributed by atoms with Gasteiger partial charge in [-0.05, 0) is 48.7 Å². The first-order chi connectivity index (χ1) is 11.4. The van der Waals surface area contributed by atoms with Crippen LogP contribution in [0.15, 0.2) is 28.7 Å². The predicted molar refractivity (Wildman–Crippen MR) is 97.2 cm³/mol. The zero-order valence-electron chi connectivity index (χ0n) is 14.4. The highest BCUT2D eigenvalue weighted by Crippen LogP contribution is 2.17. The quantitative estimate of drug-likeness (QED) is 0.745. The molecule has 1 unspecified atom stereocenters. The number of tetrazole rings is 1. The molecule has 1 amide bonds. The molecule has 0 spiro atoms. The largest absolute Gasteiger partial charge is 0.352 e. The minimum absolute atomic E-state index is 0.0814. The third kappa shape index (κ3) is 6.03. The monoisotopic (exact) mass is 393 g/mol. The van der Waals surface area contributed by atoms with E-state index in [2.05, 4.69) is 50.5 Å². The van der Waals surface area contributed by atoms with Gasteiger partial charge < -0.3 is 5.32 Å². The number of benzene rings is 1. The van der Waals surface area contributed by atoms with Gasteiger partial charge in [0.2, 0.25) is 11.7 Å². The summed E-state index contributed by atoms with van der Waals surface area (Å²) in [5, 5.41) is 15.2. The van der Waals surface area contributed by atoms with Crippen LogP contribution < -0.4 is 5.32 Å². The van der Waals surface area contributed by atoms with Crippen molar-refractivity contribution in [2.24, 2.45) is 5.92 Å². The number of hydrogen-bond donors (Lipinski definition) is 1. The molecule has 6 nitrogen and oxygen atoms in total. The Labute approximate surface area is 151 Å². The number of halogens is 1. The van der Waals surface area contributed by atoms with Crippen molar-refractivity contribution in [1.29, 1.82) is 0 Å². The Morgan fingerprint density at radius 1 is 1.21 bits per heavy atom. The lowest BCUT2D eigenvalue weighted by molar-refractivity contribution is -0.122. The van der Waals surface area contributed by atoms with Gasteiger partial charge in [0.1, 0.15) is 6.54 Å². The number of hydrogen-bond acceptors (Lipinski definition) is 4. The zero-order chi connectivity index (χ0) is 17.5. The molecule has 0 bridgehead atoms. The minimum atomic E-state index is -0.0909. The molecular formula is C17H24BrN5O. The summed E-state index contributed by atoms with van der Waals surface area (Å²) >= 11 is 3.39. The van der Waals surface area contributed by atoms with Crippen LogP contribution in [-0.4, -0.2) is 32.2 Å². The Kier molecular flexibility index (Phi) is 6.90. The summed E-state index contributed by atoms with van der Waals surface area (Å²) in [5.41, 5.74) is 0.868. The molecular weight excluding hydrogens is 370 g/mol. The van der Waals surface area contributed by atoms with E-state index >= 15 is 0 Å². The molecule has 1 aromatic heterocycles. The highest BCUT2D eigenvalue weighted by atomic mass is 79.9. The summed E-state index contributed by atoms with van der Waals surface area (Å²) < 4.78 is 0.990. The van der Waals surface area contributed by atoms with Gasteiger partial charge in [0.05, 0.1) is 0 Å². The number of carbonyl (C=O) groups is 1. The molecule has 0 saturated heterocycles. The van der Waals surface area contributed by atoms with Crippen molar-refractivity contribution in [2.75, 3.05) is 0 Å². The maximum Gasteiger partial charge on any atom is 0.243 e. The summed E-state index contributed by atoms with van der Waals surface area (Å²) in [6.07, 6.45) is 3.29. The Morgan fingerprint density at radius 3 is 2.58 bits per heavy atom. The van der Waals surface area contributed by atoms with Gasteiger partial charge in [-0.25, -0.2) is 0 Å². The molecule has 0 radical (unpaired) electrons. The number of nitrogens with zero attached hydrogens (tertiary/aromatic N) is 4. The summed E-state index contributed by atoms with van der Waals surface area (Å²) in [7, 11) is 0. The lowest BCUT2D eigenvalue weighted by Gasteiger charge is -2.14. The molecule has 130 valence electrons. The standard InChI is InChI=1S/C17H24BrN5O/c1-12(2)5-4-6-13(3)19-16(24)11-23-21-17(20-22-23)14-7-9-15(18)10-8-14/h7-10,12-13H,4-6,11H2,1-3H3,(H,19,24). The average Bonchev–Trinajstić information content (AvgIpc) is 2.95. The van der Waals surface area contributed by atoms with Crippen LogP contribution in [0.25, 0.3) is 11.4 Å². The number of rotatable bonds is 8. The summed E-state index contributed by atoms with van der Waals surface area (Å²) in [5.74, 6) is 1.12. The number of amides is 1. The third-order valence-electron chi connectivity index (χ3n) is 3.67. The van der Waals surface area contributed by atoms with Gasteiger partial charge >= 0.3 is 0 Å². The van der Waals surface area contributed by atoms with E-state index in [0.29, 0.717) is 11.7 Å². The second-order valence-corrected chi connectivity index (χ2v) is 7.36. The normalized spacial score (nSPS) is 12.4. The fourth-order valence-electron chi connectivity index (χ4n) is 2.38. The van der Waals surface area contributed by atoms with Crippen molar-refractivity contribution >= 4 is 21.8 Å². The number of aromatic nitrogens is 4. The molecule has 0 aliphatic heterocycles. The Bertz CT molecular complexity index is 653. The Hall–Kier alpha value is -1.76. The smallest absolute Gasteiger partial charge is 0.243 e. The molecule has 0 fully saturated rings. The van der Waals surface area contributed by atoms with Gasteiger partial charge in [0.25, 0.3) is 0 Å². The van der Waals surface area contributed by atoms with E-state index in [4.69, 9.17) is 0 Å². The van der Waals surface area contributed by atoms with Crippen LogP contribution in [0.2, 0.25) is 0 Å². The van der Waals surface area contributed by atoms with Gasteiger partial charge in [-0.2, -0.15) is 4.80 Å². The van der Waals surface area contributed by atoms with E-state index in [0.717, 1.165) is 22.9 Å². The van der Waals surface area contributed by atoms with Crippen LogP contribution in [0.5, 0.6) is 0 Å². The van der Waals surface area contributed by atoms with Crippen molar-refractivity contribution in [3.05, 3.63) is 28.7 Å². The summed E-state index contributed by atoms with van der Waals surface area (Å²) in [6, 6.07) is 7.80. The van der Waals surface area contributed by atoms with Crippen LogP contribution in [-0.2, 0) is 11.3 Å². The maximum atomic E-state index is 12.1. The minimum Gasteiger partial charge on any atom is -0.352 e. The van der Waals surface area contributed by atoms with E-state index in [9.17, 15) is 4.79 Å². The molecule has 0 aliphatic carbocycles. The average molecular weight is 394 g/mol. The maximum absolute atomic E-state index is 12.1. The van der Waals surface area contributed by atoms with Crippen molar-refractivity contribution < 1.29 is 4.79 Å². The Balaban J connectivity index is 1.83. The SMILES string of the molecule is CC(C)CCCC(C)NC(=O)Cn1nnc(-c2ccc(Br)cc2)n1. The molecule has 1 aromatic carbocycles. The molecule has 2 rings (SSSR count). The van der Waals surface area contributed by atoms with Crippen LogP contribution in [0.4, 0.5) is 0 Å². The molecule has 7 heteroatoms. The van der Waals surface area contributed by atoms with Crippen molar-refractivity contribution in [3.63, 3.8) is 0 Å². The highest BCUT2D eigenvalue weighted by molar-refractivity contribution is 9.10. The fraction of sp³-hybridized carbons (Fsp3) is 0.529. The number of nitrogens with one attached hydrogen (secondary N) is 1. The van der Waals surface area contributed by atoms with Crippen molar-refractivity contribution in [2.45, 2.75) is 52.6 Å². The molecule has 1 atom stereocenters. The fourth-order valence-corrected chi connectivity index (χ4v) is 2.64. The van der Waals surface area contributed by atoms with E-state index in [-0.39, 0.29) is 18.5 Å². The molecule has 2 aromatic rings. The van der Waals surface area contributed by atoms with E-state index in [1.807, 2.05) is 31.2 Å². The first kappa shape index (κ1) is 18.6. The lowest BCUT2D eigenvalue weighted by Crippen LogP contribution is -2.35. The third-order valence-corrected chi connectivity index (χ3v) is 4.19. The van der Waals surface area contributed by atoms with E-state index in [1.165, 1.54) is 11.2 Å². The molecule has 0 saturated carbocycles. The molecule has 1 heterocycles. The van der Waals surface area contributed by atoms with Gasteiger partial charge in [0, 0.05) is 16.1 Å². The first-order valence-electron chi connectivity index (χ1n) is 8.27. The van der Waals surface area contributed by atoms with Gasteiger partial charge in [0.15, 0.2) is 0 Å². The van der Waals surface area contributed by atoms with Crippen LogP contribution in [0.3, 0.4) is 0 Å². The van der Waals surface area contributed by atoms with Crippen LogP contribution in [0, 0.1) is 5.92 Å².